The predicted octanol–water partition coefficient (Wildman–Crippen LogP) is 3.43. The average molecular weight is 322 g/mol. The maximum absolute atomic E-state index is 10.9. The minimum Gasteiger partial charge on any atom is -0.489 e. The van der Waals surface area contributed by atoms with Crippen LogP contribution in [0, 0.1) is 6.92 Å². The van der Waals surface area contributed by atoms with E-state index in [1.807, 2.05) is 6.07 Å². The van der Waals surface area contributed by atoms with Gasteiger partial charge < -0.3 is 9.84 Å². The third-order valence-electron chi connectivity index (χ3n) is 2.60. The van der Waals surface area contributed by atoms with Gasteiger partial charge in [0, 0.05) is 22.4 Å². The molecule has 4 nitrogen and oxygen atoms in total. The fraction of sp³-hybridized carbons (Fsp3) is 0.143. The number of aryl methyl sites for hydroxylation is 1. The summed E-state index contributed by atoms with van der Waals surface area (Å²) in [6, 6.07) is 6.84. The minimum absolute atomic E-state index is 0.288. The number of hydrogen-bond donors (Lipinski definition) is 1. The summed E-state index contributed by atoms with van der Waals surface area (Å²) in [5.74, 6) is -0.289. The van der Waals surface area contributed by atoms with Crippen LogP contribution in [0.5, 0.6) is 5.75 Å². The molecule has 0 spiro atoms. The smallest absolute Gasteiger partial charge is 0.335 e. The normalized spacial score (nSPS) is 10.2. The summed E-state index contributed by atoms with van der Waals surface area (Å²) in [5.41, 5.74) is 1.91. The lowest BCUT2D eigenvalue weighted by Crippen LogP contribution is -2.01. The van der Waals surface area contributed by atoms with E-state index >= 15 is 0 Å². The summed E-state index contributed by atoms with van der Waals surface area (Å²) in [6.07, 6.45) is 3.43. The molecule has 0 aliphatic carbocycles. The molecule has 98 valence electrons. The SMILES string of the molecule is Cc1cc(OCc2cncc(Br)c2)ccc1C(=O)O. The zero-order chi connectivity index (χ0) is 13.8. The summed E-state index contributed by atoms with van der Waals surface area (Å²) in [6.45, 7) is 2.13. The molecule has 0 bridgehead atoms. The zero-order valence-corrected chi connectivity index (χ0v) is 11.8. The number of carboxylic acids is 1. The number of nitrogens with zero attached hydrogens (tertiary/aromatic N) is 1. The first-order valence-electron chi connectivity index (χ1n) is 5.62. The molecule has 0 amide bonds. The van der Waals surface area contributed by atoms with E-state index in [4.69, 9.17) is 9.84 Å². The van der Waals surface area contributed by atoms with Crippen LogP contribution in [0.15, 0.2) is 41.1 Å². The molecule has 0 radical (unpaired) electrons. The molecule has 2 rings (SSSR count). The van der Waals surface area contributed by atoms with Crippen LogP contribution in [0.4, 0.5) is 0 Å². The Morgan fingerprint density at radius 3 is 2.79 bits per heavy atom. The monoisotopic (exact) mass is 321 g/mol. The Morgan fingerprint density at radius 1 is 1.37 bits per heavy atom. The number of halogens is 1. The quantitative estimate of drug-likeness (QED) is 0.937. The van der Waals surface area contributed by atoms with E-state index in [-0.39, 0.29) is 5.56 Å². The van der Waals surface area contributed by atoms with E-state index in [2.05, 4.69) is 20.9 Å². The Kier molecular flexibility index (Phi) is 4.16. The number of pyridine rings is 1. The number of hydrogen-bond acceptors (Lipinski definition) is 3. The fourth-order valence-electron chi connectivity index (χ4n) is 1.67. The lowest BCUT2D eigenvalue weighted by atomic mass is 10.1. The number of ether oxygens (including phenoxy) is 1. The molecule has 0 unspecified atom stereocenters. The molecule has 1 aromatic heterocycles. The number of rotatable bonds is 4. The molecule has 1 heterocycles. The van der Waals surface area contributed by atoms with Crippen molar-refractivity contribution in [1.82, 2.24) is 4.98 Å². The first-order valence-corrected chi connectivity index (χ1v) is 6.42. The first-order chi connectivity index (χ1) is 9.06. The van der Waals surface area contributed by atoms with Crippen LogP contribution in [-0.2, 0) is 6.61 Å². The molecule has 0 aliphatic heterocycles. The molecule has 19 heavy (non-hydrogen) atoms. The summed E-state index contributed by atoms with van der Waals surface area (Å²) in [7, 11) is 0. The van der Waals surface area contributed by atoms with Crippen molar-refractivity contribution >= 4 is 21.9 Å². The molecule has 1 aromatic carbocycles. The van der Waals surface area contributed by atoms with Gasteiger partial charge in [0.2, 0.25) is 0 Å². The Hall–Kier alpha value is -1.88. The van der Waals surface area contributed by atoms with Gasteiger partial charge in [-0.1, -0.05) is 0 Å². The van der Waals surface area contributed by atoms with Gasteiger partial charge in [-0.2, -0.15) is 0 Å². The van der Waals surface area contributed by atoms with Crippen molar-refractivity contribution in [3.05, 3.63) is 57.8 Å². The van der Waals surface area contributed by atoms with Gasteiger partial charge in [-0.15, -0.1) is 0 Å². The van der Waals surface area contributed by atoms with Gasteiger partial charge in [0.05, 0.1) is 5.56 Å². The van der Waals surface area contributed by atoms with Crippen LogP contribution < -0.4 is 4.74 Å². The lowest BCUT2D eigenvalue weighted by Gasteiger charge is -2.08. The van der Waals surface area contributed by atoms with Crippen molar-refractivity contribution in [1.29, 1.82) is 0 Å². The van der Waals surface area contributed by atoms with E-state index in [0.717, 1.165) is 10.0 Å². The van der Waals surface area contributed by atoms with Gasteiger partial charge in [0.25, 0.3) is 0 Å². The molecule has 2 aromatic rings. The summed E-state index contributed by atoms with van der Waals surface area (Å²) in [4.78, 5) is 14.9. The topological polar surface area (TPSA) is 59.4 Å². The number of aromatic nitrogens is 1. The van der Waals surface area contributed by atoms with Crippen molar-refractivity contribution in [2.45, 2.75) is 13.5 Å². The van der Waals surface area contributed by atoms with E-state index in [1.54, 1.807) is 37.5 Å². The highest BCUT2D eigenvalue weighted by atomic mass is 79.9. The molecule has 0 fully saturated rings. The molecular formula is C14H12BrNO3. The highest BCUT2D eigenvalue weighted by Crippen LogP contribution is 2.19. The van der Waals surface area contributed by atoms with Crippen LogP contribution >= 0.6 is 15.9 Å². The minimum atomic E-state index is -0.930. The van der Waals surface area contributed by atoms with Crippen LogP contribution in [0.2, 0.25) is 0 Å². The van der Waals surface area contributed by atoms with Gasteiger partial charge in [-0.3, -0.25) is 4.98 Å². The number of carboxylic acid groups (broad SMARTS) is 1. The highest BCUT2D eigenvalue weighted by molar-refractivity contribution is 9.10. The summed E-state index contributed by atoms with van der Waals surface area (Å²) >= 11 is 3.34. The fourth-order valence-corrected chi connectivity index (χ4v) is 2.08. The third kappa shape index (κ3) is 3.54. The van der Waals surface area contributed by atoms with Crippen molar-refractivity contribution in [2.24, 2.45) is 0 Å². The summed E-state index contributed by atoms with van der Waals surface area (Å²) < 4.78 is 6.50. The van der Waals surface area contributed by atoms with Gasteiger partial charge in [-0.05, 0) is 52.7 Å². The van der Waals surface area contributed by atoms with Crippen molar-refractivity contribution in [2.75, 3.05) is 0 Å². The van der Waals surface area contributed by atoms with E-state index in [0.29, 0.717) is 17.9 Å². The maximum atomic E-state index is 10.9. The van der Waals surface area contributed by atoms with Gasteiger partial charge in [-0.25, -0.2) is 4.79 Å². The molecule has 0 aliphatic rings. The van der Waals surface area contributed by atoms with Gasteiger partial charge in [0.15, 0.2) is 0 Å². The van der Waals surface area contributed by atoms with E-state index in [1.165, 1.54) is 0 Å². The molecule has 0 saturated heterocycles. The second-order valence-corrected chi connectivity index (χ2v) is 5.00. The summed E-state index contributed by atoms with van der Waals surface area (Å²) in [5, 5.41) is 8.94. The van der Waals surface area contributed by atoms with Crippen LogP contribution in [0.3, 0.4) is 0 Å². The molecular weight excluding hydrogens is 310 g/mol. The second kappa shape index (κ2) is 5.84. The van der Waals surface area contributed by atoms with Crippen molar-refractivity contribution in [3.8, 4) is 5.75 Å². The Balaban J connectivity index is 2.08. The Morgan fingerprint density at radius 2 is 2.16 bits per heavy atom. The zero-order valence-electron chi connectivity index (χ0n) is 10.3. The van der Waals surface area contributed by atoms with Gasteiger partial charge >= 0.3 is 5.97 Å². The lowest BCUT2D eigenvalue weighted by molar-refractivity contribution is 0.0696. The number of benzene rings is 1. The second-order valence-electron chi connectivity index (χ2n) is 4.08. The Bertz CT molecular complexity index is 613. The van der Waals surface area contributed by atoms with Crippen LogP contribution in [-0.4, -0.2) is 16.1 Å². The van der Waals surface area contributed by atoms with E-state index < -0.39 is 5.97 Å². The van der Waals surface area contributed by atoms with E-state index in [9.17, 15) is 4.79 Å². The Labute approximate surface area is 119 Å². The van der Waals surface area contributed by atoms with Crippen molar-refractivity contribution < 1.29 is 14.6 Å². The molecule has 5 heteroatoms. The van der Waals surface area contributed by atoms with Crippen molar-refractivity contribution in [3.63, 3.8) is 0 Å². The van der Waals surface area contributed by atoms with Crippen LogP contribution in [0.25, 0.3) is 0 Å². The van der Waals surface area contributed by atoms with Gasteiger partial charge in [0.1, 0.15) is 12.4 Å². The highest BCUT2D eigenvalue weighted by Gasteiger charge is 2.07. The predicted molar refractivity (Wildman–Crippen MR) is 74.4 cm³/mol. The van der Waals surface area contributed by atoms with Crippen LogP contribution in [0.1, 0.15) is 21.5 Å². The molecule has 1 N–H and O–H groups in total. The average Bonchev–Trinajstić information content (AvgIpc) is 2.36. The largest absolute Gasteiger partial charge is 0.489 e. The number of aromatic carboxylic acids is 1. The molecule has 0 atom stereocenters. The molecule has 0 saturated carbocycles. The standard InChI is InChI=1S/C14H12BrNO3/c1-9-4-12(2-3-13(9)14(17)18)19-8-10-5-11(15)7-16-6-10/h2-7H,8H2,1H3,(H,17,18). The first kappa shape index (κ1) is 13.5. The third-order valence-corrected chi connectivity index (χ3v) is 3.03. The maximum Gasteiger partial charge on any atom is 0.335 e. The number of carbonyl (C=O) groups is 1.